The minimum absolute atomic E-state index is 0.0466. The first-order valence-corrected chi connectivity index (χ1v) is 11.0. The number of fused-ring (bicyclic) bond motifs is 1. The van der Waals surface area contributed by atoms with Crippen molar-refractivity contribution in [3.8, 4) is 5.75 Å². The summed E-state index contributed by atoms with van der Waals surface area (Å²) in [5.74, 6) is 0.183. The highest BCUT2D eigenvalue weighted by Crippen LogP contribution is 2.31. The molecule has 6 heteroatoms. The molecule has 3 aromatic rings. The van der Waals surface area contributed by atoms with Gasteiger partial charge in [0.2, 0.25) is 5.91 Å². The number of benzene rings is 2. The molecule has 0 aliphatic carbocycles. The van der Waals surface area contributed by atoms with Gasteiger partial charge in [-0.2, -0.15) is 0 Å². The van der Waals surface area contributed by atoms with Gasteiger partial charge in [0.25, 0.3) is 5.91 Å². The van der Waals surface area contributed by atoms with Crippen molar-refractivity contribution in [3.05, 3.63) is 82.0 Å². The van der Waals surface area contributed by atoms with Crippen LogP contribution in [0.2, 0.25) is 0 Å². The molecule has 0 unspecified atom stereocenters. The average molecular weight is 421 g/mol. The monoisotopic (exact) mass is 420 g/mol. The van der Waals surface area contributed by atoms with Gasteiger partial charge in [0.1, 0.15) is 12.3 Å². The number of para-hydroxylation sites is 2. The lowest BCUT2D eigenvalue weighted by Crippen LogP contribution is -2.45. The molecule has 2 aromatic carbocycles. The standard InChI is InChI=1S/C24H24N2O3S/c1-2-6-17-10-12-18(13-11-17)24(21-9-5-14-30-21)25-22(27)15-26-19-7-3-4-8-20(19)29-16-23(26)28/h3-5,7-14,24H,2,6,15-16H2,1H3,(H,25,27)/t24-/m0/s1. The number of carbonyl (C=O) groups excluding carboxylic acids is 2. The maximum atomic E-state index is 13.0. The Morgan fingerprint density at radius 3 is 2.67 bits per heavy atom. The van der Waals surface area contributed by atoms with Crippen LogP contribution in [0.5, 0.6) is 5.75 Å². The van der Waals surface area contributed by atoms with Gasteiger partial charge >= 0.3 is 0 Å². The second-order valence-electron chi connectivity index (χ2n) is 7.24. The van der Waals surface area contributed by atoms with Crippen molar-refractivity contribution in [2.75, 3.05) is 18.1 Å². The van der Waals surface area contributed by atoms with Gasteiger partial charge in [0.05, 0.1) is 11.7 Å². The second kappa shape index (κ2) is 9.13. The van der Waals surface area contributed by atoms with Gasteiger partial charge < -0.3 is 10.1 Å². The van der Waals surface area contributed by atoms with Crippen molar-refractivity contribution in [2.45, 2.75) is 25.8 Å². The number of ether oxygens (including phenoxy) is 1. The summed E-state index contributed by atoms with van der Waals surface area (Å²) in [4.78, 5) is 27.9. The fourth-order valence-corrected chi connectivity index (χ4v) is 4.42. The van der Waals surface area contributed by atoms with Crippen molar-refractivity contribution in [1.82, 2.24) is 5.32 Å². The molecule has 2 heterocycles. The highest BCUT2D eigenvalue weighted by Gasteiger charge is 2.28. The summed E-state index contributed by atoms with van der Waals surface area (Å²) in [5.41, 5.74) is 2.94. The molecular weight excluding hydrogens is 396 g/mol. The summed E-state index contributed by atoms with van der Waals surface area (Å²) in [6.07, 6.45) is 2.13. The van der Waals surface area contributed by atoms with Gasteiger partial charge in [-0.05, 0) is 41.1 Å². The van der Waals surface area contributed by atoms with Crippen molar-refractivity contribution < 1.29 is 14.3 Å². The minimum Gasteiger partial charge on any atom is -0.482 e. The molecule has 1 aliphatic rings. The summed E-state index contributed by atoms with van der Waals surface area (Å²) in [5, 5.41) is 5.12. The average Bonchev–Trinajstić information content (AvgIpc) is 3.30. The van der Waals surface area contributed by atoms with Crippen molar-refractivity contribution in [3.63, 3.8) is 0 Å². The normalized spacial score (nSPS) is 14.0. The highest BCUT2D eigenvalue weighted by molar-refractivity contribution is 7.10. The molecule has 1 aromatic heterocycles. The van der Waals surface area contributed by atoms with Gasteiger partial charge in [0.15, 0.2) is 6.61 Å². The Hall–Kier alpha value is -3.12. The number of amides is 2. The molecule has 0 spiro atoms. The molecule has 1 N–H and O–H groups in total. The Labute approximate surface area is 180 Å². The van der Waals surface area contributed by atoms with Crippen molar-refractivity contribution in [2.24, 2.45) is 0 Å². The Morgan fingerprint density at radius 2 is 1.93 bits per heavy atom. The van der Waals surface area contributed by atoms with E-state index in [1.165, 1.54) is 10.5 Å². The zero-order valence-corrected chi connectivity index (χ0v) is 17.7. The van der Waals surface area contributed by atoms with Crippen molar-refractivity contribution >= 4 is 28.8 Å². The van der Waals surface area contributed by atoms with Gasteiger partial charge in [0, 0.05) is 4.88 Å². The lowest BCUT2D eigenvalue weighted by Gasteiger charge is -2.29. The first kappa shape index (κ1) is 20.2. The first-order valence-electron chi connectivity index (χ1n) is 10.1. The third kappa shape index (κ3) is 4.39. The van der Waals surface area contributed by atoms with Gasteiger partial charge in [-0.3, -0.25) is 14.5 Å². The molecule has 0 fully saturated rings. The van der Waals surface area contributed by atoms with E-state index < -0.39 is 0 Å². The van der Waals surface area contributed by atoms with Gasteiger partial charge in [-0.15, -0.1) is 11.3 Å². The van der Waals surface area contributed by atoms with Crippen LogP contribution in [0.1, 0.15) is 35.4 Å². The SMILES string of the molecule is CCCc1ccc([C@H](NC(=O)CN2C(=O)COc3ccccc32)c2cccs2)cc1. The third-order valence-electron chi connectivity index (χ3n) is 5.09. The smallest absolute Gasteiger partial charge is 0.265 e. The predicted molar refractivity (Wildman–Crippen MR) is 119 cm³/mol. The van der Waals surface area contributed by atoms with E-state index in [0.717, 1.165) is 23.3 Å². The molecule has 2 amide bonds. The Morgan fingerprint density at radius 1 is 1.13 bits per heavy atom. The van der Waals surface area contributed by atoms with Crippen LogP contribution >= 0.6 is 11.3 Å². The van der Waals surface area contributed by atoms with Gasteiger partial charge in [-0.1, -0.05) is 55.8 Å². The number of hydrogen-bond acceptors (Lipinski definition) is 4. The number of carbonyl (C=O) groups is 2. The summed E-state index contributed by atoms with van der Waals surface area (Å²) in [7, 11) is 0. The molecule has 154 valence electrons. The number of aryl methyl sites for hydroxylation is 1. The van der Waals surface area contributed by atoms with E-state index in [9.17, 15) is 9.59 Å². The number of thiophene rings is 1. The fourth-order valence-electron chi connectivity index (χ4n) is 3.62. The molecule has 1 aliphatic heterocycles. The summed E-state index contributed by atoms with van der Waals surface area (Å²) in [6.45, 7) is 2.06. The Balaban J connectivity index is 1.54. The van der Waals surface area contributed by atoms with Crippen LogP contribution in [0.15, 0.2) is 66.0 Å². The number of hydrogen-bond donors (Lipinski definition) is 1. The largest absolute Gasteiger partial charge is 0.482 e. The summed E-state index contributed by atoms with van der Waals surface area (Å²) < 4.78 is 5.47. The highest BCUT2D eigenvalue weighted by atomic mass is 32.1. The predicted octanol–water partition coefficient (Wildman–Crippen LogP) is 4.33. The Bertz CT molecular complexity index is 1020. The molecule has 5 nitrogen and oxygen atoms in total. The van der Waals surface area contributed by atoms with Crippen LogP contribution in [0, 0.1) is 0 Å². The van der Waals surface area contributed by atoms with Crippen LogP contribution < -0.4 is 15.0 Å². The van der Waals surface area contributed by atoms with Crippen LogP contribution in [0.25, 0.3) is 0 Å². The number of rotatable bonds is 7. The fraction of sp³-hybridized carbons (Fsp3) is 0.250. The van der Waals surface area contributed by atoms with Crippen LogP contribution in [0.4, 0.5) is 5.69 Å². The van der Waals surface area contributed by atoms with Gasteiger partial charge in [-0.25, -0.2) is 0 Å². The quantitative estimate of drug-likeness (QED) is 0.619. The number of nitrogens with zero attached hydrogens (tertiary/aromatic N) is 1. The number of anilines is 1. The molecular formula is C24H24N2O3S. The zero-order valence-electron chi connectivity index (χ0n) is 16.8. The van der Waals surface area contributed by atoms with Crippen LogP contribution in [-0.2, 0) is 16.0 Å². The van der Waals surface area contributed by atoms with Crippen molar-refractivity contribution in [1.29, 1.82) is 0 Å². The minimum atomic E-state index is -0.250. The van der Waals surface area contributed by atoms with E-state index in [1.807, 2.05) is 29.6 Å². The van der Waals surface area contributed by atoms with E-state index in [2.05, 4.69) is 36.5 Å². The maximum absolute atomic E-state index is 13.0. The molecule has 1 atom stereocenters. The molecule has 0 bridgehead atoms. The second-order valence-corrected chi connectivity index (χ2v) is 8.22. The molecule has 0 saturated heterocycles. The summed E-state index contributed by atoms with van der Waals surface area (Å²) in [6, 6.07) is 19.4. The lowest BCUT2D eigenvalue weighted by molar-refractivity contribution is -0.125. The number of nitrogens with one attached hydrogen (secondary N) is 1. The maximum Gasteiger partial charge on any atom is 0.265 e. The van der Waals surface area contributed by atoms with E-state index in [0.29, 0.717) is 11.4 Å². The van der Waals surface area contributed by atoms with Crippen LogP contribution in [0.3, 0.4) is 0 Å². The van der Waals surface area contributed by atoms with E-state index in [-0.39, 0.29) is 31.0 Å². The summed E-state index contributed by atoms with van der Waals surface area (Å²) >= 11 is 1.60. The van der Waals surface area contributed by atoms with E-state index >= 15 is 0 Å². The topological polar surface area (TPSA) is 58.6 Å². The molecule has 4 rings (SSSR count). The van der Waals surface area contributed by atoms with E-state index in [1.54, 1.807) is 23.5 Å². The van der Waals surface area contributed by atoms with E-state index in [4.69, 9.17) is 4.74 Å². The Kier molecular flexibility index (Phi) is 6.14. The molecule has 0 radical (unpaired) electrons. The van der Waals surface area contributed by atoms with Crippen LogP contribution in [-0.4, -0.2) is 25.0 Å². The molecule has 30 heavy (non-hydrogen) atoms. The molecule has 0 saturated carbocycles. The first-order chi connectivity index (χ1) is 14.7. The third-order valence-corrected chi connectivity index (χ3v) is 6.03. The lowest BCUT2D eigenvalue weighted by atomic mass is 10.0. The zero-order chi connectivity index (χ0) is 20.9.